The smallest absolute Gasteiger partial charge is 0.255 e. The van der Waals surface area contributed by atoms with E-state index in [9.17, 15) is 19.5 Å². The predicted octanol–water partition coefficient (Wildman–Crippen LogP) is 3.02. The number of aromatic nitrogens is 1. The van der Waals surface area contributed by atoms with Crippen LogP contribution in [0.2, 0.25) is 0 Å². The van der Waals surface area contributed by atoms with Gasteiger partial charge in [0.2, 0.25) is 11.8 Å². The summed E-state index contributed by atoms with van der Waals surface area (Å²) in [6, 6.07) is 15.3. The van der Waals surface area contributed by atoms with Gasteiger partial charge in [0.25, 0.3) is 5.91 Å². The van der Waals surface area contributed by atoms with Crippen LogP contribution in [-0.4, -0.2) is 62.8 Å². The number of carbonyl (C=O) groups excluding carboxylic acids is 3. The summed E-state index contributed by atoms with van der Waals surface area (Å²) in [6.07, 6.45) is 4.17. The maximum atomic E-state index is 13.0. The first-order valence-electron chi connectivity index (χ1n) is 14.1. The molecule has 0 radical (unpaired) electrons. The van der Waals surface area contributed by atoms with E-state index >= 15 is 0 Å². The van der Waals surface area contributed by atoms with Gasteiger partial charge in [0.1, 0.15) is 23.5 Å². The van der Waals surface area contributed by atoms with Crippen molar-refractivity contribution in [3.63, 3.8) is 0 Å². The van der Waals surface area contributed by atoms with Crippen LogP contribution in [0.25, 0.3) is 10.9 Å². The highest BCUT2D eigenvalue weighted by atomic mass is 16.5. The molecule has 1 aromatic heterocycles. The van der Waals surface area contributed by atoms with E-state index in [1.807, 2.05) is 24.3 Å². The number of amides is 3. The Morgan fingerprint density at radius 1 is 1.05 bits per heavy atom. The Morgan fingerprint density at radius 3 is 2.73 bits per heavy atom. The lowest BCUT2D eigenvalue weighted by Gasteiger charge is -2.36. The summed E-state index contributed by atoms with van der Waals surface area (Å²) in [7, 11) is 0. The fraction of sp³-hybridized carbons (Fsp3) is 0.419. The molecule has 0 spiro atoms. The zero-order valence-electron chi connectivity index (χ0n) is 22.3. The summed E-state index contributed by atoms with van der Waals surface area (Å²) in [6.45, 7) is 2.90. The highest BCUT2D eigenvalue weighted by Gasteiger charge is 2.40. The predicted molar refractivity (Wildman–Crippen MR) is 146 cm³/mol. The first-order valence-corrected chi connectivity index (χ1v) is 14.1. The fourth-order valence-corrected chi connectivity index (χ4v) is 6.41. The van der Waals surface area contributed by atoms with Crippen molar-refractivity contribution in [2.45, 2.75) is 69.4 Å². The zero-order chi connectivity index (χ0) is 27.4. The lowest BCUT2D eigenvalue weighted by molar-refractivity contribution is -0.136. The van der Waals surface area contributed by atoms with Crippen molar-refractivity contribution in [1.29, 1.82) is 0 Å². The van der Waals surface area contributed by atoms with Gasteiger partial charge in [-0.25, -0.2) is 4.98 Å². The van der Waals surface area contributed by atoms with Gasteiger partial charge in [-0.05, 0) is 79.6 Å². The van der Waals surface area contributed by atoms with Crippen LogP contribution in [0.5, 0.6) is 5.75 Å². The molecule has 2 atom stereocenters. The lowest BCUT2D eigenvalue weighted by atomic mass is 9.77. The van der Waals surface area contributed by atoms with E-state index in [0.29, 0.717) is 18.5 Å². The lowest BCUT2D eigenvalue weighted by Crippen LogP contribution is -2.52. The number of ether oxygens (including phenoxy) is 1. The largest absolute Gasteiger partial charge is 0.489 e. The zero-order valence-corrected chi connectivity index (χ0v) is 22.3. The summed E-state index contributed by atoms with van der Waals surface area (Å²) in [4.78, 5) is 45.4. The number of imide groups is 1. The third-order valence-electron chi connectivity index (χ3n) is 8.84. The number of hydrogen-bond acceptors (Lipinski definition) is 7. The summed E-state index contributed by atoms with van der Waals surface area (Å²) < 4.78 is 6.32. The van der Waals surface area contributed by atoms with Gasteiger partial charge in [-0.15, -0.1) is 0 Å². The molecule has 3 fully saturated rings. The number of likely N-dealkylation sites (tertiary alicyclic amines) is 1. The topological polar surface area (TPSA) is 112 Å². The second-order valence-electron chi connectivity index (χ2n) is 11.6. The second-order valence-corrected chi connectivity index (χ2v) is 11.6. The number of rotatable bonds is 6. The van der Waals surface area contributed by atoms with Crippen LogP contribution in [0.3, 0.4) is 0 Å². The molecule has 2 aromatic carbocycles. The number of nitrogens with one attached hydrogen (secondary N) is 1. The molecule has 3 amide bonds. The van der Waals surface area contributed by atoms with Gasteiger partial charge in [-0.3, -0.25) is 24.6 Å². The van der Waals surface area contributed by atoms with Crippen molar-refractivity contribution < 1.29 is 24.2 Å². The van der Waals surface area contributed by atoms with E-state index in [2.05, 4.69) is 28.4 Å². The van der Waals surface area contributed by atoms with Crippen molar-refractivity contribution in [1.82, 2.24) is 20.1 Å². The molecular formula is C31H32N4O5. The Morgan fingerprint density at radius 2 is 1.93 bits per heavy atom. The molecule has 9 heteroatoms. The van der Waals surface area contributed by atoms with Crippen LogP contribution in [0, 0.1) is 0 Å². The van der Waals surface area contributed by atoms with Crippen molar-refractivity contribution in [2.75, 3.05) is 13.1 Å². The van der Waals surface area contributed by atoms with Crippen molar-refractivity contribution in [3.8, 4) is 5.75 Å². The molecule has 7 rings (SSSR count). The van der Waals surface area contributed by atoms with Crippen LogP contribution in [0.15, 0.2) is 48.5 Å². The number of carbonyl (C=O) groups is 3. The number of piperidine rings is 1. The minimum Gasteiger partial charge on any atom is -0.489 e. The van der Waals surface area contributed by atoms with Crippen LogP contribution in [0.4, 0.5) is 0 Å². The third kappa shape index (κ3) is 4.53. The minimum atomic E-state index is -0.751. The summed E-state index contributed by atoms with van der Waals surface area (Å²) in [5.41, 5.74) is 3.59. The number of hydrogen-bond donors (Lipinski definition) is 2. The average molecular weight is 541 g/mol. The van der Waals surface area contributed by atoms with Crippen molar-refractivity contribution in [3.05, 3.63) is 70.9 Å². The number of fused-ring (bicyclic) bond motifs is 2. The number of benzene rings is 2. The molecule has 4 aliphatic rings. The maximum Gasteiger partial charge on any atom is 0.255 e. The fourth-order valence-electron chi connectivity index (χ4n) is 6.41. The Labute approximate surface area is 232 Å². The van der Waals surface area contributed by atoms with Gasteiger partial charge in [0.05, 0.1) is 11.2 Å². The van der Waals surface area contributed by atoms with E-state index in [1.54, 1.807) is 11.0 Å². The van der Waals surface area contributed by atoms with Crippen LogP contribution >= 0.6 is 0 Å². The van der Waals surface area contributed by atoms with E-state index < -0.39 is 17.6 Å². The van der Waals surface area contributed by atoms with Crippen LogP contribution < -0.4 is 10.1 Å². The summed E-state index contributed by atoms with van der Waals surface area (Å²) in [5.74, 6) is -0.143. The monoisotopic (exact) mass is 540 g/mol. The van der Waals surface area contributed by atoms with Gasteiger partial charge in [-0.1, -0.05) is 12.1 Å². The molecule has 0 bridgehead atoms. The number of pyridine rings is 1. The SMILES string of the molecule is O=C1CCC(N2Cc3cc(O[C@H]4CCN(Cc5ccc6nc(C7(O)CCC7)ccc6c5)C4)ccc3C2=O)C(=O)N1. The first-order chi connectivity index (χ1) is 19.3. The van der Waals surface area contributed by atoms with E-state index in [4.69, 9.17) is 9.72 Å². The maximum absolute atomic E-state index is 13.0. The highest BCUT2D eigenvalue weighted by Crippen LogP contribution is 2.40. The van der Waals surface area contributed by atoms with Crippen molar-refractivity contribution in [2.24, 2.45) is 0 Å². The molecule has 1 saturated carbocycles. The van der Waals surface area contributed by atoms with Gasteiger partial charge in [0, 0.05) is 43.5 Å². The van der Waals surface area contributed by atoms with Gasteiger partial charge in [0.15, 0.2) is 0 Å². The number of aliphatic hydroxyl groups is 1. The third-order valence-corrected chi connectivity index (χ3v) is 8.84. The molecule has 206 valence electrons. The van der Waals surface area contributed by atoms with Crippen molar-refractivity contribution >= 4 is 28.6 Å². The van der Waals surface area contributed by atoms with Crippen LogP contribution in [-0.2, 0) is 28.3 Å². The quantitative estimate of drug-likeness (QED) is 0.463. The average Bonchev–Trinajstić information content (AvgIpc) is 3.50. The molecule has 2 N–H and O–H groups in total. The van der Waals surface area contributed by atoms with Crippen LogP contribution in [0.1, 0.15) is 65.7 Å². The van der Waals surface area contributed by atoms with Gasteiger partial charge < -0.3 is 14.7 Å². The number of nitrogens with zero attached hydrogens (tertiary/aromatic N) is 3. The Hall–Kier alpha value is -3.82. The highest BCUT2D eigenvalue weighted by molar-refractivity contribution is 6.05. The molecule has 1 unspecified atom stereocenters. The Kier molecular flexibility index (Phi) is 6.09. The molecule has 9 nitrogen and oxygen atoms in total. The van der Waals surface area contributed by atoms with E-state index in [-0.39, 0.29) is 24.3 Å². The molecule has 3 aromatic rings. The molecule has 2 saturated heterocycles. The van der Waals surface area contributed by atoms with Gasteiger partial charge >= 0.3 is 0 Å². The molecule has 3 aliphatic heterocycles. The van der Waals surface area contributed by atoms with E-state index in [1.165, 1.54) is 5.56 Å². The van der Waals surface area contributed by atoms with Gasteiger partial charge in [-0.2, -0.15) is 0 Å². The Balaban J connectivity index is 0.971. The molecule has 40 heavy (non-hydrogen) atoms. The molecule has 4 heterocycles. The standard InChI is InChI=1S/C31H32N4O5/c36-28-9-7-26(29(37)33-28)35-17-21-15-22(4-5-24(21)30(35)38)40-23-10-13-34(18-23)16-19-2-6-25-20(14-19)3-8-27(32-25)31(39)11-1-12-31/h2-6,8,14-15,23,26,39H,1,7,9-13,16-18H2,(H,33,36,37)/t23-,26?/m0/s1. The second kappa shape index (κ2) is 9.67. The normalized spacial score (nSPS) is 24.2. The minimum absolute atomic E-state index is 0.0503. The van der Waals surface area contributed by atoms with E-state index in [0.717, 1.165) is 73.2 Å². The first kappa shape index (κ1) is 25.2. The Bertz CT molecular complexity index is 1530. The molecular weight excluding hydrogens is 508 g/mol. The summed E-state index contributed by atoms with van der Waals surface area (Å²) in [5, 5.41) is 14.1. The summed E-state index contributed by atoms with van der Waals surface area (Å²) >= 11 is 0. The molecule has 1 aliphatic carbocycles.